The zero-order valence-electron chi connectivity index (χ0n) is 16.0. The van der Waals surface area contributed by atoms with Crippen molar-refractivity contribution in [3.05, 3.63) is 109 Å². The fourth-order valence-electron chi connectivity index (χ4n) is 3.97. The summed E-state index contributed by atoms with van der Waals surface area (Å²) in [6.45, 7) is 0.202. The Kier molecular flexibility index (Phi) is 4.84. The maximum Gasteiger partial charge on any atom is 0.291 e. The monoisotopic (exact) mass is 495 g/mol. The van der Waals surface area contributed by atoms with Gasteiger partial charge in [0.05, 0.1) is 17.0 Å². The van der Waals surface area contributed by atoms with E-state index < -0.39 is 6.04 Å². The minimum atomic E-state index is -0.668. The molecule has 3 aromatic carbocycles. The van der Waals surface area contributed by atoms with Crippen molar-refractivity contribution in [1.82, 2.24) is 4.90 Å². The Morgan fingerprint density at radius 1 is 1.03 bits per heavy atom. The molecule has 0 saturated carbocycles. The predicted molar refractivity (Wildman–Crippen MR) is 121 cm³/mol. The smallest absolute Gasteiger partial charge is 0.291 e. The summed E-state index contributed by atoms with van der Waals surface area (Å²) in [5.41, 5.74) is 1.83. The summed E-state index contributed by atoms with van der Waals surface area (Å²) < 4.78 is 6.67. The molecule has 0 fully saturated rings. The summed E-state index contributed by atoms with van der Waals surface area (Å²) in [6, 6.07) is 18.2. The number of carbonyl (C=O) groups is 1. The molecule has 2 heterocycles. The van der Waals surface area contributed by atoms with Gasteiger partial charge in [0.25, 0.3) is 5.91 Å². The fourth-order valence-corrected chi connectivity index (χ4v) is 4.53. The Balaban J connectivity index is 1.74. The van der Waals surface area contributed by atoms with E-state index in [9.17, 15) is 14.7 Å². The molecule has 154 valence electrons. The van der Waals surface area contributed by atoms with Gasteiger partial charge in [0.15, 0.2) is 5.43 Å². The molecule has 0 bridgehead atoms. The Hall–Kier alpha value is -3.09. The van der Waals surface area contributed by atoms with E-state index in [-0.39, 0.29) is 35.0 Å². The zero-order chi connectivity index (χ0) is 21.7. The van der Waals surface area contributed by atoms with Crippen molar-refractivity contribution in [2.45, 2.75) is 12.6 Å². The molecule has 31 heavy (non-hydrogen) atoms. The largest absolute Gasteiger partial charge is 0.508 e. The molecule has 7 heteroatoms. The highest BCUT2D eigenvalue weighted by Gasteiger charge is 2.42. The second-order valence-electron chi connectivity index (χ2n) is 7.33. The van der Waals surface area contributed by atoms with Crippen LogP contribution in [0.15, 0.2) is 80.4 Å². The highest BCUT2D eigenvalue weighted by molar-refractivity contribution is 9.10. The Morgan fingerprint density at radius 3 is 2.52 bits per heavy atom. The minimum absolute atomic E-state index is 0.0324. The Morgan fingerprint density at radius 2 is 1.77 bits per heavy atom. The maximum absolute atomic E-state index is 13.5. The van der Waals surface area contributed by atoms with Gasteiger partial charge < -0.3 is 14.4 Å². The van der Waals surface area contributed by atoms with Gasteiger partial charge in [0.2, 0.25) is 5.76 Å². The van der Waals surface area contributed by atoms with Crippen LogP contribution in [0.3, 0.4) is 0 Å². The lowest BCUT2D eigenvalue weighted by Crippen LogP contribution is -2.29. The van der Waals surface area contributed by atoms with E-state index in [2.05, 4.69) is 15.9 Å². The molecular weight excluding hydrogens is 482 g/mol. The van der Waals surface area contributed by atoms with E-state index in [0.717, 1.165) is 10.0 Å². The lowest BCUT2D eigenvalue weighted by Gasteiger charge is -2.25. The molecule has 1 atom stereocenters. The molecule has 0 unspecified atom stereocenters. The van der Waals surface area contributed by atoms with Crippen LogP contribution in [-0.4, -0.2) is 15.9 Å². The molecule has 1 aromatic heterocycles. The number of benzene rings is 3. The SMILES string of the molecule is O=C1c2oc3ccc(Br)cc3c(=O)c2[C@@H](c2ccc(O)cc2)N1Cc1ccccc1Cl. The Bertz CT molecular complexity index is 1400. The van der Waals surface area contributed by atoms with Gasteiger partial charge in [-0.25, -0.2) is 0 Å². The lowest BCUT2D eigenvalue weighted by atomic mass is 9.98. The van der Waals surface area contributed by atoms with Crippen LogP contribution >= 0.6 is 27.5 Å². The molecule has 0 radical (unpaired) electrons. The summed E-state index contributed by atoms with van der Waals surface area (Å²) >= 11 is 9.74. The number of hydrogen-bond donors (Lipinski definition) is 1. The van der Waals surface area contributed by atoms with Gasteiger partial charge in [-0.15, -0.1) is 0 Å². The Labute approximate surface area is 190 Å². The maximum atomic E-state index is 13.5. The number of aromatic hydroxyl groups is 1. The second kappa shape index (κ2) is 7.55. The van der Waals surface area contributed by atoms with Crippen molar-refractivity contribution in [3.63, 3.8) is 0 Å². The van der Waals surface area contributed by atoms with Gasteiger partial charge >= 0.3 is 0 Å². The second-order valence-corrected chi connectivity index (χ2v) is 8.66. The number of phenolic OH excluding ortho intramolecular Hbond substituents is 1. The van der Waals surface area contributed by atoms with E-state index in [1.54, 1.807) is 41.3 Å². The van der Waals surface area contributed by atoms with Gasteiger partial charge in [-0.1, -0.05) is 57.9 Å². The molecule has 1 aliphatic heterocycles. The van der Waals surface area contributed by atoms with Gasteiger partial charge in [-0.3, -0.25) is 9.59 Å². The normalized spacial score (nSPS) is 15.5. The fraction of sp³-hybridized carbons (Fsp3) is 0.0833. The van der Waals surface area contributed by atoms with E-state index in [0.29, 0.717) is 21.6 Å². The first-order valence-corrected chi connectivity index (χ1v) is 10.7. The van der Waals surface area contributed by atoms with Gasteiger partial charge in [-0.05, 0) is 47.5 Å². The first-order chi connectivity index (χ1) is 14.9. The van der Waals surface area contributed by atoms with Gasteiger partial charge in [0, 0.05) is 16.0 Å². The number of hydrogen-bond acceptors (Lipinski definition) is 4. The third kappa shape index (κ3) is 3.32. The van der Waals surface area contributed by atoms with Crippen LogP contribution in [0.5, 0.6) is 5.75 Å². The topological polar surface area (TPSA) is 70.8 Å². The van der Waals surface area contributed by atoms with Crippen molar-refractivity contribution in [2.24, 2.45) is 0 Å². The summed E-state index contributed by atoms with van der Waals surface area (Å²) in [6.07, 6.45) is 0. The van der Waals surface area contributed by atoms with Crippen molar-refractivity contribution in [1.29, 1.82) is 0 Å². The number of carbonyl (C=O) groups excluding carboxylic acids is 1. The number of amides is 1. The van der Waals surface area contributed by atoms with Crippen molar-refractivity contribution in [3.8, 4) is 5.75 Å². The predicted octanol–water partition coefficient (Wildman–Crippen LogP) is 5.66. The van der Waals surface area contributed by atoms with Crippen molar-refractivity contribution < 1.29 is 14.3 Å². The number of rotatable bonds is 3. The van der Waals surface area contributed by atoms with Crippen LogP contribution in [0.25, 0.3) is 11.0 Å². The first kappa shape index (κ1) is 19.8. The van der Waals surface area contributed by atoms with Crippen LogP contribution in [0, 0.1) is 0 Å². The van der Waals surface area contributed by atoms with E-state index >= 15 is 0 Å². The van der Waals surface area contributed by atoms with Gasteiger partial charge in [-0.2, -0.15) is 0 Å². The molecule has 0 saturated heterocycles. The van der Waals surface area contributed by atoms with E-state index in [1.807, 2.05) is 18.2 Å². The number of fused-ring (bicyclic) bond motifs is 2. The quantitative estimate of drug-likeness (QED) is 0.397. The van der Waals surface area contributed by atoms with Crippen LogP contribution in [0.1, 0.15) is 33.3 Å². The minimum Gasteiger partial charge on any atom is -0.508 e. The van der Waals surface area contributed by atoms with Crippen LogP contribution in [-0.2, 0) is 6.54 Å². The highest BCUT2D eigenvalue weighted by atomic mass is 79.9. The van der Waals surface area contributed by atoms with Crippen molar-refractivity contribution >= 4 is 44.4 Å². The number of phenols is 1. The number of halogens is 2. The van der Waals surface area contributed by atoms with E-state index in [1.165, 1.54) is 12.1 Å². The summed E-state index contributed by atoms with van der Waals surface area (Å²) in [5.74, 6) is -0.250. The third-order valence-electron chi connectivity index (χ3n) is 5.44. The average molecular weight is 497 g/mol. The van der Waals surface area contributed by atoms with Crippen molar-refractivity contribution in [2.75, 3.05) is 0 Å². The van der Waals surface area contributed by atoms with E-state index in [4.69, 9.17) is 16.0 Å². The molecule has 5 nitrogen and oxygen atoms in total. The molecule has 1 aliphatic rings. The molecule has 1 amide bonds. The number of nitrogens with zero attached hydrogens (tertiary/aromatic N) is 1. The highest BCUT2D eigenvalue weighted by Crippen LogP contribution is 2.40. The molecule has 5 rings (SSSR count). The molecule has 4 aromatic rings. The van der Waals surface area contributed by atoms with Gasteiger partial charge in [0.1, 0.15) is 11.3 Å². The molecule has 0 aliphatic carbocycles. The zero-order valence-corrected chi connectivity index (χ0v) is 18.4. The lowest BCUT2D eigenvalue weighted by molar-refractivity contribution is 0.0714. The molecular formula is C24H15BrClNO4. The molecule has 0 spiro atoms. The average Bonchev–Trinajstić information content (AvgIpc) is 3.03. The molecule has 1 N–H and O–H groups in total. The first-order valence-electron chi connectivity index (χ1n) is 9.53. The summed E-state index contributed by atoms with van der Waals surface area (Å²) in [5, 5.41) is 10.7. The summed E-state index contributed by atoms with van der Waals surface area (Å²) in [7, 11) is 0. The van der Waals surface area contributed by atoms with Crippen LogP contribution in [0.4, 0.5) is 0 Å². The van der Waals surface area contributed by atoms with Crippen LogP contribution < -0.4 is 5.43 Å². The summed E-state index contributed by atoms with van der Waals surface area (Å²) in [4.78, 5) is 28.5. The third-order valence-corrected chi connectivity index (χ3v) is 6.30. The van der Waals surface area contributed by atoms with Crippen LogP contribution in [0.2, 0.25) is 5.02 Å². The standard InChI is InChI=1S/C24H15BrClNO4/c25-15-7-10-19-17(11-15)22(29)20-21(13-5-8-16(28)9-6-13)27(24(30)23(20)31-19)12-14-3-1-2-4-18(14)26/h1-11,21,28H,12H2/t21-/m1/s1.